The van der Waals surface area contributed by atoms with Crippen molar-refractivity contribution in [2.75, 3.05) is 11.9 Å². The van der Waals surface area contributed by atoms with E-state index >= 15 is 0 Å². The molecule has 0 aromatic rings. The Morgan fingerprint density at radius 3 is 2.50 bits per heavy atom. The maximum atomic E-state index is 9.73. The van der Waals surface area contributed by atoms with E-state index in [2.05, 4.69) is 37.2 Å². The van der Waals surface area contributed by atoms with Gasteiger partial charge >= 0.3 is 67.1 Å². The summed E-state index contributed by atoms with van der Waals surface area (Å²) in [6.07, 6.45) is 0. The van der Waals surface area contributed by atoms with Gasteiger partial charge in [0.05, 0.1) is 0 Å². The van der Waals surface area contributed by atoms with Gasteiger partial charge in [-0.3, -0.25) is 0 Å². The SMILES string of the molecule is C=I(C)(CI)CN=O. The van der Waals surface area contributed by atoms with Crippen LogP contribution in [0.25, 0.3) is 0 Å². The maximum absolute atomic E-state index is 9.73. The third-order valence-electron chi connectivity index (χ3n) is 0.581. The van der Waals surface area contributed by atoms with Crippen molar-refractivity contribution in [3.63, 3.8) is 0 Å². The van der Waals surface area contributed by atoms with Crippen LogP contribution in [-0.4, -0.2) is 16.4 Å². The predicted octanol–water partition coefficient (Wildman–Crippen LogP) is 2.21. The number of alkyl halides is 4. The molecule has 0 saturated carbocycles. The van der Waals surface area contributed by atoms with Crippen molar-refractivity contribution in [3.05, 3.63) is 4.91 Å². The number of hydrogen-bond acceptors (Lipinski definition) is 2. The number of hydrogen-bond donors (Lipinski definition) is 0. The normalized spacial score (nSPS) is 21.2. The quantitative estimate of drug-likeness (QED) is 0.335. The molecule has 0 bridgehead atoms. The van der Waals surface area contributed by atoms with Crippen LogP contribution >= 0.6 is 40.6 Å². The second-order valence-corrected chi connectivity index (χ2v) is 14.7. The van der Waals surface area contributed by atoms with Gasteiger partial charge in [0.2, 0.25) is 0 Å². The van der Waals surface area contributed by atoms with E-state index in [1.807, 2.05) is 0 Å². The Labute approximate surface area is 66.5 Å². The average molecular weight is 341 g/mol. The van der Waals surface area contributed by atoms with E-state index < -0.39 is 18.0 Å². The molecule has 0 aliphatic heterocycles. The molecule has 0 amide bonds. The second-order valence-electron chi connectivity index (χ2n) is 1.72. The van der Waals surface area contributed by atoms with Gasteiger partial charge in [0, 0.05) is 0 Å². The van der Waals surface area contributed by atoms with Crippen molar-refractivity contribution in [3.8, 4) is 0 Å². The van der Waals surface area contributed by atoms with Crippen LogP contribution in [0.4, 0.5) is 0 Å². The summed E-state index contributed by atoms with van der Waals surface area (Å²) in [7, 11) is 0. The second kappa shape index (κ2) is 3.86. The molecule has 0 aromatic heterocycles. The molecule has 2 nitrogen and oxygen atoms in total. The van der Waals surface area contributed by atoms with Crippen LogP contribution in [-0.2, 0) is 0 Å². The Morgan fingerprint density at radius 1 is 1.88 bits per heavy atom. The van der Waals surface area contributed by atoms with Crippen LogP contribution in [0.15, 0.2) is 5.18 Å². The van der Waals surface area contributed by atoms with Crippen LogP contribution in [0.1, 0.15) is 0 Å². The molecule has 1 unspecified atom stereocenters. The monoisotopic (exact) mass is 341 g/mol. The third-order valence-corrected chi connectivity index (χ3v) is 13.2. The zero-order valence-electron chi connectivity index (χ0n) is 4.73. The molecule has 0 aliphatic carbocycles. The van der Waals surface area contributed by atoms with Gasteiger partial charge in [-0.1, -0.05) is 0 Å². The van der Waals surface area contributed by atoms with Gasteiger partial charge < -0.3 is 0 Å². The van der Waals surface area contributed by atoms with Gasteiger partial charge in [0.15, 0.2) is 0 Å². The summed E-state index contributed by atoms with van der Waals surface area (Å²) in [5.41, 5.74) is 0. The molecule has 0 aromatic carbocycles. The Kier molecular flexibility index (Phi) is 4.31. The zero-order chi connectivity index (χ0) is 6.62. The number of nitrogens with zero attached hydrogens (tertiary/aromatic N) is 1. The molecule has 8 heavy (non-hydrogen) atoms. The summed E-state index contributed by atoms with van der Waals surface area (Å²) in [6, 6.07) is 0. The number of nitroso groups, excluding NO2 is 1. The first-order valence-corrected chi connectivity index (χ1v) is 10.2. The van der Waals surface area contributed by atoms with Crippen LogP contribution < -0.4 is 0 Å². The van der Waals surface area contributed by atoms with Crippen molar-refractivity contribution < 1.29 is 0 Å². The summed E-state index contributed by atoms with van der Waals surface area (Å²) in [6.45, 7) is 0. The van der Waals surface area contributed by atoms with Gasteiger partial charge in [-0.15, -0.1) is 0 Å². The van der Waals surface area contributed by atoms with Gasteiger partial charge in [0.1, 0.15) is 0 Å². The Morgan fingerprint density at radius 2 is 2.38 bits per heavy atom. The number of rotatable bonds is 3. The van der Waals surface area contributed by atoms with Gasteiger partial charge in [-0.25, -0.2) is 0 Å². The van der Waals surface area contributed by atoms with E-state index in [9.17, 15) is 4.91 Å². The molecular weight excluding hydrogens is 332 g/mol. The minimum absolute atomic E-state index is 0.495. The van der Waals surface area contributed by atoms with E-state index in [1.165, 1.54) is 0 Å². The Bertz CT molecular complexity index is 123. The summed E-state index contributed by atoms with van der Waals surface area (Å²) >= 11 is 0.477. The van der Waals surface area contributed by atoms with Crippen LogP contribution in [0.5, 0.6) is 0 Å². The first-order chi connectivity index (χ1) is 3.62. The summed E-state index contributed by atoms with van der Waals surface area (Å²) in [4.78, 5) is 11.8. The average Bonchev–Trinajstić information content (AvgIpc) is 1.67. The van der Waals surface area contributed by atoms with Crippen molar-refractivity contribution in [1.29, 1.82) is 0 Å². The third kappa shape index (κ3) is 3.88. The summed E-state index contributed by atoms with van der Waals surface area (Å²) in [5.74, 6) is 0. The van der Waals surface area contributed by atoms with E-state index in [4.69, 9.17) is 0 Å². The van der Waals surface area contributed by atoms with E-state index in [1.54, 1.807) is 0 Å². The predicted molar refractivity (Wildman–Crippen MR) is 56.6 cm³/mol. The van der Waals surface area contributed by atoms with Gasteiger partial charge in [-0.05, 0) is 0 Å². The van der Waals surface area contributed by atoms with Crippen molar-refractivity contribution in [2.24, 2.45) is 5.18 Å². The molecule has 0 radical (unpaired) electrons. The molecule has 0 aliphatic rings. The van der Waals surface area contributed by atoms with Gasteiger partial charge in [-0.2, -0.15) is 0 Å². The fourth-order valence-corrected chi connectivity index (χ4v) is 2.23. The molecule has 50 valence electrons. The Hall–Kier alpha value is 0.930. The van der Waals surface area contributed by atoms with Crippen molar-refractivity contribution in [1.82, 2.24) is 0 Å². The van der Waals surface area contributed by atoms with Crippen molar-refractivity contribution >= 4 is 45.1 Å². The molecule has 0 spiro atoms. The first kappa shape index (κ1) is 8.93. The molecular formula is C4H9I2NO. The molecule has 0 heterocycles. The number of halogens is 2. The van der Waals surface area contributed by atoms with E-state index in [-0.39, 0.29) is 0 Å². The van der Waals surface area contributed by atoms with Crippen LogP contribution in [0.2, 0.25) is 0 Å². The van der Waals surface area contributed by atoms with E-state index in [0.29, 0.717) is 4.55 Å². The van der Waals surface area contributed by atoms with Crippen LogP contribution in [0.3, 0.4) is 0 Å². The topological polar surface area (TPSA) is 29.4 Å². The van der Waals surface area contributed by atoms with Gasteiger partial charge in [0.25, 0.3) is 0 Å². The molecule has 0 rings (SSSR count). The molecule has 0 fully saturated rings. The zero-order valence-corrected chi connectivity index (χ0v) is 9.05. The Balaban J connectivity index is 3.72. The van der Waals surface area contributed by atoms with Crippen molar-refractivity contribution in [2.45, 2.75) is 0 Å². The standard InChI is InChI=1S/C4H9I2NO/c1-6(2,3-5)4-7-8/h1,3-4H2,2H3. The summed E-state index contributed by atoms with van der Waals surface area (Å²) < 4.78 is 5.50. The molecule has 0 N–H and O–H groups in total. The fraction of sp³-hybridized carbons (Fsp3) is 0.750. The first-order valence-electron chi connectivity index (χ1n) is 1.95. The summed E-state index contributed by atoms with van der Waals surface area (Å²) in [5, 5.41) is 2.84. The van der Waals surface area contributed by atoms with E-state index in [0.717, 1.165) is 2.43 Å². The fourth-order valence-electron chi connectivity index (χ4n) is 0.150. The minimum atomic E-state index is -1.80. The molecule has 1 atom stereocenters. The van der Waals surface area contributed by atoms with Crippen LogP contribution in [0, 0.1) is 4.91 Å². The molecule has 0 saturated heterocycles. The molecule has 4 heteroatoms.